The van der Waals surface area contributed by atoms with Crippen molar-refractivity contribution in [3.63, 3.8) is 0 Å². The number of halogens is 1. The minimum atomic E-state index is -0.425. The number of urea groups is 1. The van der Waals surface area contributed by atoms with Crippen molar-refractivity contribution in [3.05, 3.63) is 30.1 Å². The second-order valence-corrected chi connectivity index (χ2v) is 4.26. The summed E-state index contributed by atoms with van der Waals surface area (Å²) in [7, 11) is 0. The molecule has 0 radical (unpaired) electrons. The van der Waals surface area contributed by atoms with Gasteiger partial charge in [-0.15, -0.1) is 0 Å². The number of para-hydroxylation sites is 1. The number of benzene rings is 1. The predicted octanol–water partition coefficient (Wildman–Crippen LogP) is 2.47. The molecule has 5 heteroatoms. The van der Waals surface area contributed by atoms with Crippen LogP contribution in [0.1, 0.15) is 13.3 Å². The molecule has 1 aliphatic rings. The molecule has 4 nitrogen and oxygen atoms in total. The van der Waals surface area contributed by atoms with Crippen LogP contribution in [0, 0.1) is 5.82 Å². The molecule has 1 aliphatic heterocycles. The molecule has 0 bridgehead atoms. The smallest absolute Gasteiger partial charge is 0.322 e. The van der Waals surface area contributed by atoms with Crippen LogP contribution in [0.25, 0.3) is 0 Å². The van der Waals surface area contributed by atoms with E-state index in [1.165, 1.54) is 6.07 Å². The molecule has 2 rings (SSSR count). The van der Waals surface area contributed by atoms with Gasteiger partial charge in [-0.25, -0.2) is 9.18 Å². The molecule has 1 saturated heterocycles. The Labute approximate surface area is 106 Å². The van der Waals surface area contributed by atoms with Gasteiger partial charge in [-0.05, 0) is 18.6 Å². The summed E-state index contributed by atoms with van der Waals surface area (Å²) in [6.07, 6.45) is 0.939. The summed E-state index contributed by atoms with van der Waals surface area (Å²) in [5.74, 6) is -0.425. The average Bonchev–Trinajstić information content (AvgIpc) is 2.41. The van der Waals surface area contributed by atoms with E-state index in [0.717, 1.165) is 6.42 Å². The minimum Gasteiger partial charge on any atom is -0.375 e. The molecule has 18 heavy (non-hydrogen) atoms. The highest BCUT2D eigenvalue weighted by Crippen LogP contribution is 2.15. The van der Waals surface area contributed by atoms with Gasteiger partial charge in [0.25, 0.3) is 0 Å². The van der Waals surface area contributed by atoms with Gasteiger partial charge < -0.3 is 15.0 Å². The number of carbonyl (C=O) groups is 1. The van der Waals surface area contributed by atoms with E-state index < -0.39 is 5.82 Å². The lowest BCUT2D eigenvalue weighted by molar-refractivity contribution is -0.0134. The number of ether oxygens (including phenoxy) is 1. The molecule has 0 saturated carbocycles. The first-order chi connectivity index (χ1) is 8.70. The third-order valence-corrected chi connectivity index (χ3v) is 3.00. The van der Waals surface area contributed by atoms with Crippen LogP contribution < -0.4 is 5.32 Å². The molecule has 1 aromatic carbocycles. The van der Waals surface area contributed by atoms with Gasteiger partial charge >= 0.3 is 6.03 Å². The monoisotopic (exact) mass is 252 g/mol. The van der Waals surface area contributed by atoms with Crippen molar-refractivity contribution in [1.29, 1.82) is 0 Å². The van der Waals surface area contributed by atoms with Crippen LogP contribution in [-0.4, -0.2) is 36.7 Å². The molecule has 1 fully saturated rings. The number of hydrogen-bond donors (Lipinski definition) is 1. The Morgan fingerprint density at radius 3 is 3.06 bits per heavy atom. The number of rotatable bonds is 2. The normalized spacial score (nSPS) is 19.7. The molecule has 1 aromatic rings. The molecule has 0 aliphatic carbocycles. The van der Waals surface area contributed by atoms with E-state index in [1.54, 1.807) is 23.1 Å². The first kappa shape index (κ1) is 12.8. The van der Waals surface area contributed by atoms with Crippen LogP contribution in [-0.2, 0) is 4.74 Å². The van der Waals surface area contributed by atoms with Crippen LogP contribution in [0.15, 0.2) is 24.3 Å². The largest absolute Gasteiger partial charge is 0.375 e. The number of carbonyl (C=O) groups excluding carboxylic acids is 1. The Morgan fingerprint density at radius 1 is 1.56 bits per heavy atom. The fourth-order valence-corrected chi connectivity index (χ4v) is 1.91. The van der Waals surface area contributed by atoms with E-state index in [4.69, 9.17) is 4.74 Å². The van der Waals surface area contributed by atoms with Crippen molar-refractivity contribution in [2.24, 2.45) is 0 Å². The molecule has 1 N–H and O–H groups in total. The predicted molar refractivity (Wildman–Crippen MR) is 67.0 cm³/mol. The van der Waals surface area contributed by atoms with E-state index in [1.807, 2.05) is 6.92 Å². The zero-order valence-corrected chi connectivity index (χ0v) is 10.4. The van der Waals surface area contributed by atoms with Crippen LogP contribution in [0.3, 0.4) is 0 Å². The minimum absolute atomic E-state index is 0.0742. The quantitative estimate of drug-likeness (QED) is 0.878. The number of morpholine rings is 1. The summed E-state index contributed by atoms with van der Waals surface area (Å²) in [4.78, 5) is 13.6. The highest BCUT2D eigenvalue weighted by Gasteiger charge is 2.23. The Morgan fingerprint density at radius 2 is 2.33 bits per heavy atom. The average molecular weight is 252 g/mol. The molecule has 0 spiro atoms. The third kappa shape index (κ3) is 2.98. The Balaban J connectivity index is 1.97. The highest BCUT2D eigenvalue weighted by molar-refractivity contribution is 5.89. The summed E-state index contributed by atoms with van der Waals surface area (Å²) in [6.45, 7) is 3.64. The van der Waals surface area contributed by atoms with Gasteiger partial charge in [0, 0.05) is 13.1 Å². The van der Waals surface area contributed by atoms with Crippen molar-refractivity contribution >= 4 is 11.7 Å². The van der Waals surface area contributed by atoms with Gasteiger partial charge in [-0.1, -0.05) is 19.1 Å². The summed E-state index contributed by atoms with van der Waals surface area (Å²) in [5, 5.41) is 2.58. The van der Waals surface area contributed by atoms with Crippen molar-refractivity contribution in [2.75, 3.05) is 25.0 Å². The standard InChI is InChI=1S/C13H17FN2O2/c1-2-10-9-16(7-8-18-10)13(17)15-12-6-4-3-5-11(12)14/h3-6,10H,2,7-9H2,1H3,(H,15,17). The second kappa shape index (κ2) is 5.82. The summed E-state index contributed by atoms with van der Waals surface area (Å²) in [5.41, 5.74) is 0.210. The van der Waals surface area contributed by atoms with Gasteiger partial charge in [-0.3, -0.25) is 0 Å². The first-order valence-corrected chi connectivity index (χ1v) is 6.12. The number of nitrogens with one attached hydrogen (secondary N) is 1. The summed E-state index contributed by atoms with van der Waals surface area (Å²) >= 11 is 0. The molecule has 0 aromatic heterocycles. The molecule has 2 amide bonds. The number of anilines is 1. The highest BCUT2D eigenvalue weighted by atomic mass is 19.1. The lowest BCUT2D eigenvalue weighted by Crippen LogP contribution is -2.47. The Kier molecular flexibility index (Phi) is 4.15. The Hall–Kier alpha value is -1.62. The zero-order chi connectivity index (χ0) is 13.0. The van der Waals surface area contributed by atoms with Crippen molar-refractivity contribution < 1.29 is 13.9 Å². The lowest BCUT2D eigenvalue weighted by atomic mass is 10.2. The van der Waals surface area contributed by atoms with E-state index in [-0.39, 0.29) is 17.8 Å². The van der Waals surface area contributed by atoms with E-state index in [9.17, 15) is 9.18 Å². The fourth-order valence-electron chi connectivity index (χ4n) is 1.91. The van der Waals surface area contributed by atoms with Gasteiger partial charge in [0.1, 0.15) is 5.82 Å². The second-order valence-electron chi connectivity index (χ2n) is 4.26. The summed E-state index contributed by atoms with van der Waals surface area (Å²) in [6, 6.07) is 5.87. The molecule has 1 atom stereocenters. The number of amides is 2. The third-order valence-electron chi connectivity index (χ3n) is 3.00. The van der Waals surface area contributed by atoms with Crippen molar-refractivity contribution in [2.45, 2.75) is 19.4 Å². The van der Waals surface area contributed by atoms with Gasteiger partial charge in [0.2, 0.25) is 0 Å². The fraction of sp³-hybridized carbons (Fsp3) is 0.462. The lowest BCUT2D eigenvalue weighted by Gasteiger charge is -2.32. The van der Waals surface area contributed by atoms with E-state index in [2.05, 4.69) is 5.32 Å². The van der Waals surface area contributed by atoms with Gasteiger partial charge in [0.05, 0.1) is 18.4 Å². The van der Waals surface area contributed by atoms with Crippen LogP contribution in [0.4, 0.5) is 14.9 Å². The van der Waals surface area contributed by atoms with Crippen molar-refractivity contribution in [3.8, 4) is 0 Å². The SMILES string of the molecule is CCC1CN(C(=O)Nc2ccccc2F)CCO1. The van der Waals surface area contributed by atoms with Crippen LogP contribution in [0.2, 0.25) is 0 Å². The molecule has 98 valence electrons. The molecular formula is C13H17FN2O2. The van der Waals surface area contributed by atoms with E-state index in [0.29, 0.717) is 19.7 Å². The summed E-state index contributed by atoms with van der Waals surface area (Å²) < 4.78 is 18.9. The number of hydrogen-bond acceptors (Lipinski definition) is 2. The molecular weight excluding hydrogens is 235 g/mol. The Bertz CT molecular complexity index is 425. The number of nitrogens with zero attached hydrogens (tertiary/aromatic N) is 1. The maximum atomic E-state index is 13.4. The van der Waals surface area contributed by atoms with Gasteiger partial charge in [-0.2, -0.15) is 0 Å². The zero-order valence-electron chi connectivity index (χ0n) is 10.4. The van der Waals surface area contributed by atoms with Crippen LogP contribution in [0.5, 0.6) is 0 Å². The van der Waals surface area contributed by atoms with Crippen LogP contribution >= 0.6 is 0 Å². The topological polar surface area (TPSA) is 41.6 Å². The van der Waals surface area contributed by atoms with Crippen molar-refractivity contribution in [1.82, 2.24) is 4.90 Å². The molecule has 1 heterocycles. The maximum Gasteiger partial charge on any atom is 0.322 e. The molecule has 1 unspecified atom stereocenters. The van der Waals surface area contributed by atoms with Gasteiger partial charge in [0.15, 0.2) is 0 Å². The van der Waals surface area contributed by atoms with E-state index >= 15 is 0 Å². The first-order valence-electron chi connectivity index (χ1n) is 6.12. The maximum absolute atomic E-state index is 13.4.